The fourth-order valence-corrected chi connectivity index (χ4v) is 4.50. The van der Waals surface area contributed by atoms with Crippen LogP contribution in [0.5, 0.6) is 0 Å². The Morgan fingerprint density at radius 3 is 2.68 bits per heavy atom. The summed E-state index contributed by atoms with van der Waals surface area (Å²) in [5.74, 6) is 0.316. The lowest BCUT2D eigenvalue weighted by Crippen LogP contribution is -2.49. The first-order chi connectivity index (χ1) is 13.1. The monoisotopic (exact) mass is 420 g/mol. The number of thioether (sulfide) groups is 1. The van der Waals surface area contributed by atoms with E-state index in [0.29, 0.717) is 21.3 Å². The second-order valence-corrected chi connectivity index (χ2v) is 9.88. The molecule has 152 valence electrons. The number of aryl methyl sites for hydroxylation is 1. The van der Waals surface area contributed by atoms with Gasteiger partial charge >= 0.3 is 0 Å². The number of rotatable bonds is 8. The van der Waals surface area contributed by atoms with Crippen molar-refractivity contribution in [3.63, 3.8) is 0 Å². The molecule has 28 heavy (non-hydrogen) atoms. The number of nitriles is 1. The normalized spacial score (nSPS) is 14.6. The van der Waals surface area contributed by atoms with Crippen molar-refractivity contribution in [1.82, 2.24) is 15.3 Å². The van der Waals surface area contributed by atoms with E-state index in [0.717, 1.165) is 23.3 Å². The Bertz CT molecular complexity index is 957. The van der Waals surface area contributed by atoms with Gasteiger partial charge in [-0.2, -0.15) is 5.26 Å². The third-order valence-electron chi connectivity index (χ3n) is 5.22. The van der Waals surface area contributed by atoms with Crippen LogP contribution in [0, 0.1) is 30.1 Å². The fourth-order valence-electron chi connectivity index (χ4n) is 2.72. The number of aromatic nitrogens is 2. The number of nitrogens with one attached hydrogen (secondary N) is 2. The summed E-state index contributed by atoms with van der Waals surface area (Å²) in [5.41, 5.74) is 0.0109. The minimum Gasteiger partial charge on any atom is -0.337 e. The SMILES string of the molecule is CC[C@@H](C)Cc1c(C)sc2nc(SCC(=O)N[C@@](C)(C#N)C(C)C)[nH]c(=O)c12. The van der Waals surface area contributed by atoms with Crippen LogP contribution in [0.25, 0.3) is 10.2 Å². The zero-order valence-electron chi connectivity index (χ0n) is 17.3. The summed E-state index contributed by atoms with van der Waals surface area (Å²) in [6.07, 6.45) is 1.92. The molecule has 8 heteroatoms. The van der Waals surface area contributed by atoms with Crippen molar-refractivity contribution in [3.8, 4) is 6.07 Å². The van der Waals surface area contributed by atoms with Gasteiger partial charge in [-0.15, -0.1) is 11.3 Å². The number of hydrogen-bond donors (Lipinski definition) is 2. The van der Waals surface area contributed by atoms with Crippen LogP contribution in [0.2, 0.25) is 0 Å². The maximum atomic E-state index is 12.7. The molecule has 2 aromatic heterocycles. The third-order valence-corrected chi connectivity index (χ3v) is 7.13. The van der Waals surface area contributed by atoms with Crippen LogP contribution in [0.1, 0.15) is 51.5 Å². The van der Waals surface area contributed by atoms with E-state index in [-0.39, 0.29) is 23.1 Å². The molecule has 0 spiro atoms. The first-order valence-corrected chi connectivity index (χ1v) is 11.3. The third kappa shape index (κ3) is 4.95. The number of nitrogens with zero attached hydrogens (tertiary/aromatic N) is 2. The van der Waals surface area contributed by atoms with Crippen molar-refractivity contribution in [2.45, 2.75) is 65.1 Å². The quantitative estimate of drug-likeness (QED) is 0.496. The Morgan fingerprint density at radius 1 is 1.43 bits per heavy atom. The van der Waals surface area contributed by atoms with Gasteiger partial charge in [0.15, 0.2) is 5.16 Å². The van der Waals surface area contributed by atoms with E-state index in [1.54, 1.807) is 6.92 Å². The molecule has 0 aliphatic rings. The highest BCUT2D eigenvalue weighted by atomic mass is 32.2. The zero-order valence-corrected chi connectivity index (χ0v) is 18.9. The van der Waals surface area contributed by atoms with Crippen molar-refractivity contribution >= 4 is 39.2 Å². The van der Waals surface area contributed by atoms with E-state index >= 15 is 0 Å². The molecule has 2 heterocycles. The maximum absolute atomic E-state index is 12.7. The Balaban J connectivity index is 2.18. The van der Waals surface area contributed by atoms with Crippen LogP contribution in [0.15, 0.2) is 9.95 Å². The Morgan fingerprint density at radius 2 is 2.11 bits per heavy atom. The number of amides is 1. The number of H-pyrrole nitrogens is 1. The summed E-state index contributed by atoms with van der Waals surface area (Å²) in [7, 11) is 0. The fraction of sp³-hybridized carbons (Fsp3) is 0.600. The zero-order chi connectivity index (χ0) is 21.1. The topological polar surface area (TPSA) is 98.6 Å². The molecule has 0 radical (unpaired) electrons. The van der Waals surface area contributed by atoms with Crippen LogP contribution < -0.4 is 10.9 Å². The summed E-state index contributed by atoms with van der Waals surface area (Å²) in [5, 5.41) is 13.2. The number of carbonyl (C=O) groups excluding carboxylic acids is 1. The summed E-state index contributed by atoms with van der Waals surface area (Å²) < 4.78 is 0. The Hall–Kier alpha value is -1.85. The van der Waals surface area contributed by atoms with Gasteiger partial charge in [0.1, 0.15) is 10.4 Å². The molecule has 0 saturated carbocycles. The predicted molar refractivity (Wildman–Crippen MR) is 116 cm³/mol. The molecule has 0 aromatic carbocycles. The standard InChI is InChI=1S/C20H28N4O2S2/c1-7-12(4)8-14-13(5)28-18-16(14)17(26)22-19(23-18)27-9-15(25)24-20(6,10-21)11(2)3/h11-12H,7-9H2,1-6H3,(H,24,25)(H,22,23,26)/t12-,20+/m1/s1. The van der Waals surface area contributed by atoms with Crippen LogP contribution in [0.4, 0.5) is 0 Å². The molecule has 6 nitrogen and oxygen atoms in total. The molecular weight excluding hydrogens is 392 g/mol. The van der Waals surface area contributed by atoms with Crippen molar-refractivity contribution in [3.05, 3.63) is 20.8 Å². The van der Waals surface area contributed by atoms with Gasteiger partial charge in [-0.05, 0) is 37.7 Å². The minimum absolute atomic E-state index is 0.0150. The molecule has 2 atom stereocenters. The molecule has 0 aliphatic heterocycles. The van der Waals surface area contributed by atoms with Crippen LogP contribution in [-0.2, 0) is 11.2 Å². The van der Waals surface area contributed by atoms with Crippen molar-refractivity contribution in [2.24, 2.45) is 11.8 Å². The lowest BCUT2D eigenvalue weighted by Gasteiger charge is -2.27. The molecule has 0 saturated heterocycles. The average Bonchev–Trinajstić information content (AvgIpc) is 2.95. The maximum Gasteiger partial charge on any atom is 0.260 e. The van der Waals surface area contributed by atoms with Gasteiger partial charge < -0.3 is 10.3 Å². The molecule has 0 unspecified atom stereocenters. The van der Waals surface area contributed by atoms with E-state index in [2.05, 4.69) is 35.2 Å². The number of thiophene rings is 1. The Kier molecular flexibility index (Phi) is 7.29. The second-order valence-electron chi connectivity index (χ2n) is 7.71. The van der Waals surface area contributed by atoms with E-state index < -0.39 is 5.54 Å². The lowest BCUT2D eigenvalue weighted by molar-refractivity contribution is -0.120. The average molecular weight is 421 g/mol. The smallest absolute Gasteiger partial charge is 0.260 e. The number of hydrogen-bond acceptors (Lipinski definition) is 6. The van der Waals surface area contributed by atoms with Crippen molar-refractivity contribution < 1.29 is 4.79 Å². The van der Waals surface area contributed by atoms with Gasteiger partial charge in [0.2, 0.25) is 5.91 Å². The summed E-state index contributed by atoms with van der Waals surface area (Å²) in [4.78, 5) is 34.1. The highest BCUT2D eigenvalue weighted by Gasteiger charge is 2.30. The Labute approximate surface area is 174 Å². The largest absolute Gasteiger partial charge is 0.337 e. The molecule has 0 fully saturated rings. The van der Waals surface area contributed by atoms with Crippen LogP contribution in [0.3, 0.4) is 0 Å². The lowest BCUT2D eigenvalue weighted by atomic mass is 9.90. The second kappa shape index (κ2) is 9.10. The van der Waals surface area contributed by atoms with Gasteiger partial charge in [0.05, 0.1) is 17.2 Å². The number of aromatic amines is 1. The molecule has 2 aromatic rings. The van der Waals surface area contributed by atoms with Gasteiger partial charge in [0.25, 0.3) is 5.56 Å². The minimum atomic E-state index is -0.918. The number of fused-ring (bicyclic) bond motifs is 1. The van der Waals surface area contributed by atoms with Gasteiger partial charge in [-0.25, -0.2) is 4.98 Å². The number of carbonyl (C=O) groups is 1. The molecule has 0 aliphatic carbocycles. The molecule has 2 N–H and O–H groups in total. The highest BCUT2D eigenvalue weighted by molar-refractivity contribution is 7.99. The summed E-state index contributed by atoms with van der Waals surface area (Å²) in [6, 6.07) is 2.16. The van der Waals surface area contributed by atoms with Crippen LogP contribution in [-0.4, -0.2) is 27.2 Å². The molecular formula is C20H28N4O2S2. The van der Waals surface area contributed by atoms with E-state index in [9.17, 15) is 14.9 Å². The molecule has 1 amide bonds. The van der Waals surface area contributed by atoms with Crippen molar-refractivity contribution in [2.75, 3.05) is 5.75 Å². The van der Waals surface area contributed by atoms with E-state index in [1.165, 1.54) is 23.1 Å². The van der Waals surface area contributed by atoms with E-state index in [4.69, 9.17) is 0 Å². The first-order valence-electron chi connectivity index (χ1n) is 9.48. The predicted octanol–water partition coefficient (Wildman–Crippen LogP) is 4.03. The van der Waals surface area contributed by atoms with Crippen molar-refractivity contribution in [1.29, 1.82) is 5.26 Å². The summed E-state index contributed by atoms with van der Waals surface area (Å²) >= 11 is 2.70. The van der Waals surface area contributed by atoms with Gasteiger partial charge in [-0.1, -0.05) is 45.9 Å². The van der Waals surface area contributed by atoms with Gasteiger partial charge in [0, 0.05) is 4.88 Å². The van der Waals surface area contributed by atoms with E-state index in [1.807, 2.05) is 20.8 Å². The summed E-state index contributed by atoms with van der Waals surface area (Å²) in [6.45, 7) is 11.8. The van der Waals surface area contributed by atoms with Gasteiger partial charge in [-0.3, -0.25) is 9.59 Å². The highest BCUT2D eigenvalue weighted by Crippen LogP contribution is 2.30. The van der Waals surface area contributed by atoms with Crippen LogP contribution >= 0.6 is 23.1 Å². The molecule has 0 bridgehead atoms. The molecule has 2 rings (SSSR count). The first kappa shape index (κ1) is 22.4.